The van der Waals surface area contributed by atoms with Gasteiger partial charge in [0.05, 0.1) is 0 Å². The van der Waals surface area contributed by atoms with Crippen LogP contribution in [0.15, 0.2) is 28.7 Å². The van der Waals surface area contributed by atoms with E-state index in [1.54, 1.807) is 0 Å². The number of benzene rings is 1. The summed E-state index contributed by atoms with van der Waals surface area (Å²) in [5.41, 5.74) is 0.210. The highest BCUT2D eigenvalue weighted by atomic mass is 79.9. The summed E-state index contributed by atoms with van der Waals surface area (Å²) in [6.07, 6.45) is 1.39. The summed E-state index contributed by atoms with van der Waals surface area (Å²) in [5.74, 6) is 0.954. The minimum atomic E-state index is 0.210. The molecule has 1 aromatic rings. The van der Waals surface area contributed by atoms with E-state index in [2.05, 4.69) is 35.1 Å². The van der Waals surface area contributed by atoms with Gasteiger partial charge in [0.1, 0.15) is 11.9 Å². The fourth-order valence-electron chi connectivity index (χ4n) is 2.25. The predicted molar refractivity (Wildman–Crippen MR) is 69.8 cm³/mol. The van der Waals surface area contributed by atoms with Crippen LogP contribution in [-0.2, 0) is 0 Å². The van der Waals surface area contributed by atoms with Crippen LogP contribution in [0.25, 0.3) is 0 Å². The summed E-state index contributed by atoms with van der Waals surface area (Å²) in [6, 6.07) is 8.60. The number of hydrogen-bond donors (Lipinski definition) is 1. The van der Waals surface area contributed by atoms with Crippen LogP contribution in [0.2, 0.25) is 0 Å². The normalized spacial score (nSPS) is 27.2. The molecule has 1 aliphatic rings. The van der Waals surface area contributed by atoms with Gasteiger partial charge in [-0.1, -0.05) is 29.8 Å². The molecular formula is C13H18BrNO. The van der Waals surface area contributed by atoms with Crippen LogP contribution in [-0.4, -0.2) is 19.2 Å². The van der Waals surface area contributed by atoms with E-state index in [1.807, 2.05) is 31.3 Å². The van der Waals surface area contributed by atoms with Gasteiger partial charge in [0, 0.05) is 22.4 Å². The standard InChI is InChI=1S/C13H18BrNO/c1-13(2)11(15-3)8-12(13)16-10-6-4-9(14)5-7-10/h4-7,11-12,15H,8H2,1-3H3. The summed E-state index contributed by atoms with van der Waals surface area (Å²) >= 11 is 3.42. The first-order chi connectivity index (χ1) is 7.54. The molecule has 1 fully saturated rings. The third-order valence-electron chi connectivity index (χ3n) is 3.62. The molecule has 0 bridgehead atoms. The van der Waals surface area contributed by atoms with Gasteiger partial charge >= 0.3 is 0 Å². The molecule has 0 aliphatic heterocycles. The summed E-state index contributed by atoms with van der Waals surface area (Å²) in [4.78, 5) is 0. The molecule has 16 heavy (non-hydrogen) atoms. The minimum Gasteiger partial charge on any atom is -0.490 e. The average Bonchev–Trinajstić information content (AvgIpc) is 2.26. The van der Waals surface area contributed by atoms with E-state index in [-0.39, 0.29) is 5.41 Å². The number of ether oxygens (including phenoxy) is 1. The van der Waals surface area contributed by atoms with Gasteiger partial charge < -0.3 is 10.1 Å². The van der Waals surface area contributed by atoms with Crippen molar-refractivity contribution in [2.75, 3.05) is 7.05 Å². The molecule has 1 aromatic carbocycles. The maximum atomic E-state index is 5.99. The summed E-state index contributed by atoms with van der Waals surface area (Å²) in [6.45, 7) is 4.50. The van der Waals surface area contributed by atoms with Gasteiger partial charge in [-0.2, -0.15) is 0 Å². The fourth-order valence-corrected chi connectivity index (χ4v) is 2.52. The Kier molecular flexibility index (Phi) is 3.27. The van der Waals surface area contributed by atoms with Crippen LogP contribution < -0.4 is 10.1 Å². The SMILES string of the molecule is CNC1CC(Oc2ccc(Br)cc2)C1(C)C. The van der Waals surface area contributed by atoms with Crippen molar-refractivity contribution in [1.82, 2.24) is 5.32 Å². The molecule has 0 radical (unpaired) electrons. The van der Waals surface area contributed by atoms with Crippen LogP contribution in [0.5, 0.6) is 5.75 Å². The van der Waals surface area contributed by atoms with Gasteiger partial charge in [0.2, 0.25) is 0 Å². The van der Waals surface area contributed by atoms with Gasteiger partial charge in [0.25, 0.3) is 0 Å². The van der Waals surface area contributed by atoms with Gasteiger partial charge in [0.15, 0.2) is 0 Å². The van der Waals surface area contributed by atoms with Crippen molar-refractivity contribution >= 4 is 15.9 Å². The zero-order valence-electron chi connectivity index (χ0n) is 9.96. The Morgan fingerprint density at radius 3 is 2.44 bits per heavy atom. The first-order valence-electron chi connectivity index (χ1n) is 5.63. The molecule has 0 heterocycles. The largest absolute Gasteiger partial charge is 0.490 e. The molecular weight excluding hydrogens is 266 g/mol. The molecule has 2 rings (SSSR count). The third-order valence-corrected chi connectivity index (χ3v) is 4.15. The monoisotopic (exact) mass is 283 g/mol. The van der Waals surface area contributed by atoms with Crippen LogP contribution in [0, 0.1) is 5.41 Å². The highest BCUT2D eigenvalue weighted by molar-refractivity contribution is 9.10. The molecule has 2 atom stereocenters. The van der Waals surface area contributed by atoms with E-state index in [0.717, 1.165) is 16.6 Å². The second kappa shape index (κ2) is 4.38. The molecule has 0 amide bonds. The summed E-state index contributed by atoms with van der Waals surface area (Å²) < 4.78 is 7.08. The maximum Gasteiger partial charge on any atom is 0.119 e. The lowest BCUT2D eigenvalue weighted by molar-refractivity contribution is -0.0520. The van der Waals surface area contributed by atoms with E-state index >= 15 is 0 Å². The van der Waals surface area contributed by atoms with Gasteiger partial charge in [-0.25, -0.2) is 0 Å². The molecule has 1 aliphatic carbocycles. The van der Waals surface area contributed by atoms with Crippen molar-refractivity contribution in [3.8, 4) is 5.75 Å². The zero-order valence-corrected chi connectivity index (χ0v) is 11.5. The Morgan fingerprint density at radius 2 is 1.94 bits per heavy atom. The Bertz CT molecular complexity index is 361. The van der Waals surface area contributed by atoms with E-state index in [0.29, 0.717) is 12.1 Å². The van der Waals surface area contributed by atoms with E-state index in [1.165, 1.54) is 0 Å². The van der Waals surface area contributed by atoms with Crippen molar-refractivity contribution in [3.05, 3.63) is 28.7 Å². The second-order valence-corrected chi connectivity index (χ2v) is 5.87. The molecule has 0 saturated heterocycles. The number of rotatable bonds is 3. The predicted octanol–water partition coefficient (Wildman–Crippen LogP) is 3.21. The highest BCUT2D eigenvalue weighted by Crippen LogP contribution is 2.42. The smallest absolute Gasteiger partial charge is 0.119 e. The van der Waals surface area contributed by atoms with Crippen molar-refractivity contribution < 1.29 is 4.74 Å². The Morgan fingerprint density at radius 1 is 1.31 bits per heavy atom. The van der Waals surface area contributed by atoms with Crippen LogP contribution >= 0.6 is 15.9 Å². The van der Waals surface area contributed by atoms with Crippen molar-refractivity contribution in [1.29, 1.82) is 0 Å². The molecule has 2 nitrogen and oxygen atoms in total. The fraction of sp³-hybridized carbons (Fsp3) is 0.538. The topological polar surface area (TPSA) is 21.3 Å². The molecule has 88 valence electrons. The molecule has 0 spiro atoms. The number of halogens is 1. The van der Waals surface area contributed by atoms with Crippen LogP contribution in [0.4, 0.5) is 0 Å². The van der Waals surface area contributed by atoms with Gasteiger partial charge in [-0.3, -0.25) is 0 Å². The van der Waals surface area contributed by atoms with Crippen molar-refractivity contribution in [2.24, 2.45) is 5.41 Å². The molecule has 3 heteroatoms. The number of hydrogen-bond acceptors (Lipinski definition) is 2. The molecule has 0 aromatic heterocycles. The summed E-state index contributed by atoms with van der Waals surface area (Å²) in [7, 11) is 2.02. The highest BCUT2D eigenvalue weighted by Gasteiger charge is 2.49. The van der Waals surface area contributed by atoms with Crippen LogP contribution in [0.1, 0.15) is 20.3 Å². The second-order valence-electron chi connectivity index (χ2n) is 4.96. The van der Waals surface area contributed by atoms with Gasteiger partial charge in [-0.05, 0) is 31.3 Å². The van der Waals surface area contributed by atoms with Crippen LogP contribution in [0.3, 0.4) is 0 Å². The lowest BCUT2D eigenvalue weighted by Crippen LogP contribution is -2.61. The van der Waals surface area contributed by atoms with E-state index < -0.39 is 0 Å². The maximum absolute atomic E-state index is 5.99. The lowest BCUT2D eigenvalue weighted by atomic mass is 9.64. The third kappa shape index (κ3) is 2.11. The number of nitrogens with one attached hydrogen (secondary N) is 1. The lowest BCUT2D eigenvalue weighted by Gasteiger charge is -2.51. The first kappa shape index (κ1) is 11.9. The Balaban J connectivity index is 1.99. The van der Waals surface area contributed by atoms with Crippen molar-refractivity contribution in [3.63, 3.8) is 0 Å². The van der Waals surface area contributed by atoms with E-state index in [9.17, 15) is 0 Å². The molecule has 1 N–H and O–H groups in total. The first-order valence-corrected chi connectivity index (χ1v) is 6.43. The zero-order chi connectivity index (χ0) is 11.8. The molecule has 1 saturated carbocycles. The van der Waals surface area contributed by atoms with Gasteiger partial charge in [-0.15, -0.1) is 0 Å². The van der Waals surface area contributed by atoms with Crippen molar-refractivity contribution in [2.45, 2.75) is 32.4 Å². The molecule has 2 unspecified atom stereocenters. The summed E-state index contributed by atoms with van der Waals surface area (Å²) in [5, 5.41) is 3.33. The Hall–Kier alpha value is -0.540. The van der Waals surface area contributed by atoms with E-state index in [4.69, 9.17) is 4.74 Å². The average molecular weight is 284 g/mol. The minimum absolute atomic E-state index is 0.210. The quantitative estimate of drug-likeness (QED) is 0.920. The Labute approximate surface area is 106 Å².